The van der Waals surface area contributed by atoms with E-state index in [1.165, 1.54) is 6.08 Å². The first-order chi connectivity index (χ1) is 6.33. The molecule has 0 unspecified atom stereocenters. The second-order valence-corrected chi connectivity index (χ2v) is 2.74. The van der Waals surface area contributed by atoms with Gasteiger partial charge in [0.2, 0.25) is 5.88 Å². The lowest BCUT2D eigenvalue weighted by atomic mass is 10.3. The molecule has 0 spiro atoms. The molecule has 1 aromatic carbocycles. The molecule has 0 amide bonds. The molecule has 0 bridgehead atoms. The highest BCUT2D eigenvalue weighted by molar-refractivity contribution is 5.65. The molecule has 1 aliphatic heterocycles. The van der Waals surface area contributed by atoms with Gasteiger partial charge in [0, 0.05) is 7.05 Å². The van der Waals surface area contributed by atoms with Gasteiger partial charge in [-0.2, -0.15) is 5.26 Å². The van der Waals surface area contributed by atoms with E-state index in [4.69, 9.17) is 10.00 Å². The molecule has 0 aliphatic carbocycles. The van der Waals surface area contributed by atoms with E-state index >= 15 is 0 Å². The molecule has 64 valence electrons. The van der Waals surface area contributed by atoms with Gasteiger partial charge in [-0.1, -0.05) is 12.1 Å². The van der Waals surface area contributed by atoms with E-state index in [0.29, 0.717) is 5.88 Å². The van der Waals surface area contributed by atoms with Crippen molar-refractivity contribution in [1.29, 1.82) is 5.26 Å². The van der Waals surface area contributed by atoms with Crippen LogP contribution < -0.4 is 9.64 Å². The first-order valence-electron chi connectivity index (χ1n) is 3.93. The molecule has 3 heteroatoms. The van der Waals surface area contributed by atoms with E-state index in [1.54, 1.807) is 0 Å². The van der Waals surface area contributed by atoms with Gasteiger partial charge >= 0.3 is 0 Å². The summed E-state index contributed by atoms with van der Waals surface area (Å²) < 4.78 is 5.42. The average molecular weight is 172 g/mol. The molecule has 0 saturated carbocycles. The monoisotopic (exact) mass is 172 g/mol. The van der Waals surface area contributed by atoms with E-state index in [1.807, 2.05) is 42.3 Å². The lowest BCUT2D eigenvalue weighted by molar-refractivity contribution is 0.444. The molecule has 1 aromatic rings. The van der Waals surface area contributed by atoms with Crippen molar-refractivity contribution in [2.45, 2.75) is 0 Å². The molecule has 0 radical (unpaired) electrons. The molecule has 2 rings (SSSR count). The highest BCUT2D eigenvalue weighted by Gasteiger charge is 2.21. The second kappa shape index (κ2) is 2.83. The Hall–Kier alpha value is -1.95. The third kappa shape index (κ3) is 1.13. The van der Waals surface area contributed by atoms with Crippen LogP contribution in [0.4, 0.5) is 5.69 Å². The van der Waals surface area contributed by atoms with Crippen molar-refractivity contribution < 1.29 is 4.74 Å². The molecule has 0 fully saturated rings. The number of hydrogen-bond donors (Lipinski definition) is 0. The van der Waals surface area contributed by atoms with Crippen LogP contribution in [-0.2, 0) is 0 Å². The second-order valence-electron chi connectivity index (χ2n) is 2.74. The highest BCUT2D eigenvalue weighted by atomic mass is 16.5. The summed E-state index contributed by atoms with van der Waals surface area (Å²) in [7, 11) is 1.87. The van der Waals surface area contributed by atoms with Crippen molar-refractivity contribution in [3.05, 3.63) is 36.2 Å². The van der Waals surface area contributed by atoms with Gasteiger partial charge < -0.3 is 9.64 Å². The Morgan fingerprint density at radius 2 is 2.23 bits per heavy atom. The van der Waals surface area contributed by atoms with Crippen LogP contribution in [0, 0.1) is 11.3 Å². The standard InChI is InChI=1S/C10H8N2O/c1-12-8-4-2-3-5-9(8)13-10(12)6-7-11/h2-6H,1H3/b10-6+. The summed E-state index contributed by atoms with van der Waals surface area (Å²) in [5.41, 5.74) is 0.990. The van der Waals surface area contributed by atoms with Gasteiger partial charge in [-0.3, -0.25) is 0 Å². The Bertz CT molecular complexity index is 404. The fraction of sp³-hybridized carbons (Fsp3) is 0.100. The lowest BCUT2D eigenvalue weighted by Gasteiger charge is -2.08. The number of para-hydroxylation sites is 2. The molecule has 13 heavy (non-hydrogen) atoms. The quantitative estimate of drug-likeness (QED) is 0.560. The number of benzene rings is 1. The van der Waals surface area contributed by atoms with Crippen molar-refractivity contribution in [3.8, 4) is 11.8 Å². The third-order valence-electron chi connectivity index (χ3n) is 1.96. The maximum Gasteiger partial charge on any atom is 0.210 e. The predicted octanol–water partition coefficient (Wildman–Crippen LogP) is 1.88. The fourth-order valence-electron chi connectivity index (χ4n) is 1.30. The van der Waals surface area contributed by atoms with Crippen LogP contribution in [0.2, 0.25) is 0 Å². The summed E-state index contributed by atoms with van der Waals surface area (Å²) in [6, 6.07) is 9.62. The first-order valence-corrected chi connectivity index (χ1v) is 3.93. The molecule has 0 N–H and O–H groups in total. The van der Waals surface area contributed by atoms with E-state index in [2.05, 4.69) is 0 Å². The highest BCUT2D eigenvalue weighted by Crippen LogP contribution is 2.36. The summed E-state index contributed by atoms with van der Waals surface area (Å²) in [6.07, 6.45) is 1.39. The van der Waals surface area contributed by atoms with Crippen LogP contribution in [0.25, 0.3) is 0 Å². The van der Waals surface area contributed by atoms with Crippen LogP contribution in [0.3, 0.4) is 0 Å². The topological polar surface area (TPSA) is 36.3 Å². The van der Waals surface area contributed by atoms with Crippen molar-refractivity contribution in [3.63, 3.8) is 0 Å². The SMILES string of the molecule is CN1/C(=C\C#N)Oc2ccccc21. The molecule has 0 atom stereocenters. The maximum absolute atomic E-state index is 8.49. The molecule has 1 aliphatic rings. The van der Waals surface area contributed by atoms with Crippen molar-refractivity contribution >= 4 is 5.69 Å². The largest absolute Gasteiger partial charge is 0.438 e. The van der Waals surface area contributed by atoms with Crippen LogP contribution in [0.1, 0.15) is 0 Å². The van der Waals surface area contributed by atoms with Gasteiger partial charge in [0.1, 0.15) is 0 Å². The molecular weight excluding hydrogens is 164 g/mol. The van der Waals surface area contributed by atoms with E-state index < -0.39 is 0 Å². The van der Waals surface area contributed by atoms with Gasteiger partial charge in [0.05, 0.1) is 17.8 Å². The molecular formula is C10H8N2O. The zero-order valence-corrected chi connectivity index (χ0v) is 7.19. The predicted molar refractivity (Wildman–Crippen MR) is 49.2 cm³/mol. The van der Waals surface area contributed by atoms with Crippen LogP contribution >= 0.6 is 0 Å². The lowest BCUT2D eigenvalue weighted by Crippen LogP contribution is -2.12. The van der Waals surface area contributed by atoms with Crippen LogP contribution in [-0.4, -0.2) is 7.05 Å². The normalized spacial score (nSPS) is 16.6. The Morgan fingerprint density at radius 3 is 2.92 bits per heavy atom. The zero-order valence-electron chi connectivity index (χ0n) is 7.19. The van der Waals surface area contributed by atoms with Crippen molar-refractivity contribution in [2.24, 2.45) is 0 Å². The van der Waals surface area contributed by atoms with E-state index in [-0.39, 0.29) is 0 Å². The molecule has 0 aromatic heterocycles. The minimum absolute atomic E-state index is 0.573. The van der Waals surface area contributed by atoms with E-state index in [0.717, 1.165) is 11.4 Å². The van der Waals surface area contributed by atoms with Gasteiger partial charge in [-0.25, -0.2) is 0 Å². The van der Waals surface area contributed by atoms with Crippen LogP contribution in [0.15, 0.2) is 36.2 Å². The summed E-state index contributed by atoms with van der Waals surface area (Å²) in [4.78, 5) is 1.85. The zero-order chi connectivity index (χ0) is 9.26. The Balaban J connectivity index is 2.45. The number of fused-ring (bicyclic) bond motifs is 1. The van der Waals surface area contributed by atoms with Crippen LogP contribution in [0.5, 0.6) is 5.75 Å². The Kier molecular flexibility index (Phi) is 1.67. The summed E-state index contributed by atoms with van der Waals surface area (Å²) in [6.45, 7) is 0. The Labute approximate surface area is 76.5 Å². The van der Waals surface area contributed by atoms with Gasteiger partial charge in [0.15, 0.2) is 5.75 Å². The number of rotatable bonds is 0. The number of ether oxygens (including phenoxy) is 1. The number of allylic oxidation sites excluding steroid dienone is 1. The number of nitrogens with zero attached hydrogens (tertiary/aromatic N) is 2. The average Bonchev–Trinajstić information content (AvgIpc) is 2.46. The summed E-state index contributed by atoms with van der Waals surface area (Å²) in [5.74, 6) is 1.37. The fourth-order valence-corrected chi connectivity index (χ4v) is 1.30. The van der Waals surface area contributed by atoms with Gasteiger partial charge in [0.25, 0.3) is 0 Å². The van der Waals surface area contributed by atoms with Gasteiger partial charge in [-0.15, -0.1) is 0 Å². The number of nitriles is 1. The minimum Gasteiger partial charge on any atom is -0.438 e. The van der Waals surface area contributed by atoms with Gasteiger partial charge in [-0.05, 0) is 12.1 Å². The number of hydrogen-bond acceptors (Lipinski definition) is 3. The Morgan fingerprint density at radius 1 is 1.46 bits per heavy atom. The van der Waals surface area contributed by atoms with Crippen molar-refractivity contribution in [1.82, 2.24) is 0 Å². The molecule has 0 saturated heterocycles. The smallest absolute Gasteiger partial charge is 0.210 e. The molecule has 1 heterocycles. The summed E-state index contributed by atoms with van der Waals surface area (Å²) in [5, 5.41) is 8.49. The molecule has 3 nitrogen and oxygen atoms in total. The van der Waals surface area contributed by atoms with Crippen molar-refractivity contribution in [2.75, 3.05) is 11.9 Å². The third-order valence-corrected chi connectivity index (χ3v) is 1.96. The van der Waals surface area contributed by atoms with E-state index in [9.17, 15) is 0 Å². The first kappa shape index (κ1) is 7.69. The minimum atomic E-state index is 0.573. The maximum atomic E-state index is 8.49. The number of anilines is 1. The summed E-state index contributed by atoms with van der Waals surface area (Å²) >= 11 is 0.